The van der Waals surface area contributed by atoms with E-state index in [1.54, 1.807) is 0 Å². The van der Waals surface area contributed by atoms with Crippen molar-refractivity contribution in [2.75, 3.05) is 0 Å². The Labute approximate surface area is 114 Å². The Hall–Kier alpha value is -1.35. The quantitative estimate of drug-likeness (QED) is 0.918. The highest BCUT2D eigenvalue weighted by Crippen LogP contribution is 2.28. The van der Waals surface area contributed by atoms with Gasteiger partial charge in [-0.05, 0) is 44.2 Å². The van der Waals surface area contributed by atoms with Crippen molar-refractivity contribution in [1.82, 2.24) is 9.55 Å². The molecule has 2 atom stereocenters. The number of hydrogen-bond acceptors (Lipinski definition) is 2. The lowest BCUT2D eigenvalue weighted by Gasteiger charge is -2.25. The van der Waals surface area contributed by atoms with Gasteiger partial charge in [0.2, 0.25) is 0 Å². The van der Waals surface area contributed by atoms with Gasteiger partial charge in [0.25, 0.3) is 0 Å². The van der Waals surface area contributed by atoms with E-state index >= 15 is 0 Å². The molecule has 0 amide bonds. The summed E-state index contributed by atoms with van der Waals surface area (Å²) in [6.07, 6.45) is 5.19. The smallest absolute Gasteiger partial charge is 0.110 e. The van der Waals surface area contributed by atoms with E-state index in [0.29, 0.717) is 5.92 Å². The number of aryl methyl sites for hydroxylation is 1. The number of fused-ring (bicyclic) bond motifs is 1. The summed E-state index contributed by atoms with van der Waals surface area (Å²) in [5.74, 6) is 1.77. The second-order valence-electron chi connectivity index (χ2n) is 5.65. The average molecular weight is 258 g/mol. The van der Waals surface area contributed by atoms with E-state index < -0.39 is 0 Å². The molecule has 3 rings (SSSR count). The maximum absolute atomic E-state index is 9.80. The van der Waals surface area contributed by atoms with Crippen LogP contribution in [-0.4, -0.2) is 20.8 Å². The van der Waals surface area contributed by atoms with Gasteiger partial charge in [0.05, 0.1) is 17.1 Å². The van der Waals surface area contributed by atoms with Crippen molar-refractivity contribution in [1.29, 1.82) is 0 Å². The summed E-state index contributed by atoms with van der Waals surface area (Å²) in [6.45, 7) is 3.14. The zero-order valence-electron chi connectivity index (χ0n) is 11.5. The highest BCUT2D eigenvalue weighted by molar-refractivity contribution is 5.75. The number of rotatable bonds is 3. The van der Waals surface area contributed by atoms with Crippen molar-refractivity contribution < 1.29 is 5.11 Å². The molecule has 1 aliphatic rings. The summed E-state index contributed by atoms with van der Waals surface area (Å²) in [4.78, 5) is 4.78. The van der Waals surface area contributed by atoms with Gasteiger partial charge in [-0.15, -0.1) is 0 Å². The number of imidazole rings is 1. The Morgan fingerprint density at radius 2 is 2.16 bits per heavy atom. The number of aliphatic hydroxyl groups is 1. The third-order valence-corrected chi connectivity index (χ3v) is 4.28. The lowest BCUT2D eigenvalue weighted by Crippen LogP contribution is -2.22. The van der Waals surface area contributed by atoms with Crippen LogP contribution < -0.4 is 0 Å². The van der Waals surface area contributed by atoms with E-state index in [1.165, 1.54) is 17.8 Å². The fourth-order valence-corrected chi connectivity index (χ4v) is 3.34. The minimum Gasteiger partial charge on any atom is -0.393 e. The summed E-state index contributed by atoms with van der Waals surface area (Å²) in [7, 11) is 0. The van der Waals surface area contributed by atoms with Gasteiger partial charge in [0, 0.05) is 13.0 Å². The summed E-state index contributed by atoms with van der Waals surface area (Å²) in [6, 6.07) is 8.35. The summed E-state index contributed by atoms with van der Waals surface area (Å²) in [5.41, 5.74) is 2.33. The van der Waals surface area contributed by atoms with Gasteiger partial charge in [-0.1, -0.05) is 18.6 Å². The van der Waals surface area contributed by atoms with E-state index in [0.717, 1.165) is 37.7 Å². The predicted octanol–water partition coefficient (Wildman–Crippen LogP) is 3.15. The number of benzene rings is 1. The number of aliphatic hydroxyl groups excluding tert-OH is 1. The Morgan fingerprint density at radius 1 is 1.32 bits per heavy atom. The zero-order valence-corrected chi connectivity index (χ0v) is 11.5. The Bertz CT molecular complexity index is 561. The van der Waals surface area contributed by atoms with Crippen LogP contribution in [0.15, 0.2) is 24.3 Å². The fraction of sp³-hybridized carbons (Fsp3) is 0.562. The van der Waals surface area contributed by atoms with E-state index in [9.17, 15) is 5.11 Å². The van der Waals surface area contributed by atoms with Crippen molar-refractivity contribution in [2.24, 2.45) is 5.92 Å². The molecule has 0 spiro atoms. The molecule has 2 aromatic rings. The van der Waals surface area contributed by atoms with Crippen molar-refractivity contribution in [3.05, 3.63) is 30.1 Å². The first-order chi connectivity index (χ1) is 9.28. The molecule has 1 heterocycles. The van der Waals surface area contributed by atoms with Gasteiger partial charge < -0.3 is 9.67 Å². The number of nitrogens with zero attached hydrogens (tertiary/aromatic N) is 2. The van der Waals surface area contributed by atoms with Gasteiger partial charge in [-0.3, -0.25) is 0 Å². The van der Waals surface area contributed by atoms with Crippen molar-refractivity contribution in [3.8, 4) is 0 Å². The molecular weight excluding hydrogens is 236 g/mol. The molecular formula is C16H22N2O. The van der Waals surface area contributed by atoms with Crippen LogP contribution in [0.25, 0.3) is 11.0 Å². The molecule has 1 aromatic carbocycles. The van der Waals surface area contributed by atoms with Gasteiger partial charge in [0.15, 0.2) is 0 Å². The highest BCUT2D eigenvalue weighted by atomic mass is 16.3. The first-order valence-corrected chi connectivity index (χ1v) is 7.40. The molecule has 1 saturated carbocycles. The molecule has 1 aliphatic carbocycles. The van der Waals surface area contributed by atoms with Crippen LogP contribution >= 0.6 is 0 Å². The monoisotopic (exact) mass is 258 g/mol. The molecule has 1 N–H and O–H groups in total. The Balaban J connectivity index is 1.87. The molecule has 1 aromatic heterocycles. The van der Waals surface area contributed by atoms with Gasteiger partial charge >= 0.3 is 0 Å². The third-order valence-electron chi connectivity index (χ3n) is 4.28. The average Bonchev–Trinajstić information content (AvgIpc) is 2.75. The number of aromatic nitrogens is 2. The zero-order chi connectivity index (χ0) is 13.2. The molecule has 0 aliphatic heterocycles. The molecule has 1 fully saturated rings. The highest BCUT2D eigenvalue weighted by Gasteiger charge is 2.22. The topological polar surface area (TPSA) is 38.0 Å². The van der Waals surface area contributed by atoms with Gasteiger partial charge in [-0.25, -0.2) is 4.98 Å². The Kier molecular flexibility index (Phi) is 3.56. The maximum Gasteiger partial charge on any atom is 0.110 e. The second kappa shape index (κ2) is 5.33. The van der Waals surface area contributed by atoms with Crippen molar-refractivity contribution >= 4 is 11.0 Å². The molecule has 19 heavy (non-hydrogen) atoms. The normalized spacial score (nSPS) is 23.9. The fourth-order valence-electron chi connectivity index (χ4n) is 3.34. The molecule has 2 unspecified atom stereocenters. The largest absolute Gasteiger partial charge is 0.393 e. The van der Waals surface area contributed by atoms with Crippen molar-refractivity contribution in [2.45, 2.75) is 51.7 Å². The minimum atomic E-state index is -0.0989. The standard InChI is InChI=1S/C16H22N2O/c1-2-18-15-9-4-3-8-14(15)17-16(18)11-12-6-5-7-13(19)10-12/h3-4,8-9,12-13,19H,2,5-7,10-11H2,1H3. The molecule has 3 heteroatoms. The SMILES string of the molecule is CCn1c(CC2CCCC(O)C2)nc2ccccc21. The van der Waals surface area contributed by atoms with E-state index in [1.807, 2.05) is 6.07 Å². The molecule has 3 nitrogen and oxygen atoms in total. The minimum absolute atomic E-state index is 0.0989. The molecule has 0 bridgehead atoms. The van der Waals surface area contributed by atoms with Gasteiger partial charge in [-0.2, -0.15) is 0 Å². The third kappa shape index (κ3) is 2.52. The lowest BCUT2D eigenvalue weighted by atomic mass is 9.85. The second-order valence-corrected chi connectivity index (χ2v) is 5.65. The first-order valence-electron chi connectivity index (χ1n) is 7.40. The van der Waals surface area contributed by atoms with Gasteiger partial charge in [0.1, 0.15) is 5.82 Å². The van der Waals surface area contributed by atoms with Crippen molar-refractivity contribution in [3.63, 3.8) is 0 Å². The number of para-hydroxylation sites is 2. The molecule has 0 radical (unpaired) electrons. The van der Waals surface area contributed by atoms with Crippen LogP contribution in [0.3, 0.4) is 0 Å². The van der Waals surface area contributed by atoms with Crippen LogP contribution in [0, 0.1) is 5.92 Å². The molecule has 102 valence electrons. The number of hydrogen-bond donors (Lipinski definition) is 1. The predicted molar refractivity (Wildman–Crippen MR) is 77.1 cm³/mol. The Morgan fingerprint density at radius 3 is 2.95 bits per heavy atom. The summed E-state index contributed by atoms with van der Waals surface area (Å²) >= 11 is 0. The van der Waals surface area contributed by atoms with E-state index in [-0.39, 0.29) is 6.10 Å². The van der Waals surface area contributed by atoms with E-state index in [4.69, 9.17) is 4.98 Å². The van der Waals surface area contributed by atoms with Crippen LogP contribution in [0.4, 0.5) is 0 Å². The van der Waals surface area contributed by atoms with Crippen LogP contribution in [-0.2, 0) is 13.0 Å². The maximum atomic E-state index is 9.80. The van der Waals surface area contributed by atoms with Crippen LogP contribution in [0.2, 0.25) is 0 Å². The molecule has 0 saturated heterocycles. The van der Waals surface area contributed by atoms with Crippen LogP contribution in [0.1, 0.15) is 38.4 Å². The van der Waals surface area contributed by atoms with E-state index in [2.05, 4.69) is 29.7 Å². The van der Waals surface area contributed by atoms with Crippen LogP contribution in [0.5, 0.6) is 0 Å². The summed E-state index contributed by atoms with van der Waals surface area (Å²) in [5, 5.41) is 9.80. The first kappa shape index (κ1) is 12.7. The summed E-state index contributed by atoms with van der Waals surface area (Å²) < 4.78 is 2.32. The lowest BCUT2D eigenvalue weighted by molar-refractivity contribution is 0.100.